The molecule has 0 bridgehead atoms. The minimum absolute atomic E-state index is 0.0398. The van der Waals surface area contributed by atoms with Crippen molar-refractivity contribution in [1.29, 1.82) is 0 Å². The molecule has 0 radical (unpaired) electrons. The van der Waals surface area contributed by atoms with E-state index in [2.05, 4.69) is 58.3 Å². The molecule has 0 spiro atoms. The first-order valence-electron chi connectivity index (χ1n) is 14.3. The van der Waals surface area contributed by atoms with E-state index >= 15 is 0 Å². The van der Waals surface area contributed by atoms with Crippen molar-refractivity contribution in [3.63, 3.8) is 0 Å². The van der Waals surface area contributed by atoms with Gasteiger partial charge in [-0.2, -0.15) is 4.55 Å². The van der Waals surface area contributed by atoms with Gasteiger partial charge < -0.3 is 4.90 Å². The van der Waals surface area contributed by atoms with Crippen molar-refractivity contribution in [2.45, 2.75) is 30.8 Å². The van der Waals surface area contributed by atoms with E-state index in [1.165, 1.54) is 16.7 Å². The molecule has 2 heterocycles. The predicted octanol–water partition coefficient (Wildman–Crippen LogP) is 5.74. The topological polar surface area (TPSA) is 64.1 Å². The highest BCUT2D eigenvalue weighted by atomic mass is 32.3. The summed E-state index contributed by atoms with van der Waals surface area (Å²) in [6, 6.07) is 33.7. The van der Waals surface area contributed by atoms with Gasteiger partial charge in [-0.3, -0.25) is 9.69 Å². The van der Waals surface area contributed by atoms with Gasteiger partial charge in [0.2, 0.25) is 4.90 Å². The number of hydrogen-bond donors (Lipinski definition) is 1. The molecule has 4 aromatic carbocycles. The van der Waals surface area contributed by atoms with Gasteiger partial charge in [-0.05, 0) is 57.1 Å². The number of Topliss-reactive ketones (excluding diaryl/α,β-unsaturated/α-hetero) is 1. The molecule has 210 valence electrons. The largest absolute Gasteiger partial charge is 0.369 e. The van der Waals surface area contributed by atoms with Gasteiger partial charge in [0.05, 0.1) is 13.1 Å². The Bertz CT molecular complexity index is 1530. The maximum absolute atomic E-state index is 13.4. The first kappa shape index (κ1) is 27.5. The SMILES string of the molecule is O=C(Cc1ccc([S+](=O)(O)N2CCN(c3ccccc3)CC2)cc1)c1ccc(CN2CCc3ccccc3C2)cc1. The van der Waals surface area contributed by atoms with Gasteiger partial charge in [0, 0.05) is 50.4 Å². The quantitative estimate of drug-likeness (QED) is 0.218. The van der Waals surface area contributed by atoms with Crippen LogP contribution in [0.3, 0.4) is 0 Å². The zero-order valence-electron chi connectivity index (χ0n) is 23.2. The van der Waals surface area contributed by atoms with Crippen LogP contribution in [0.4, 0.5) is 5.69 Å². The molecule has 6 nitrogen and oxygen atoms in total. The second kappa shape index (κ2) is 12.1. The lowest BCUT2D eigenvalue weighted by molar-refractivity contribution is 0.0993. The molecule has 2 aliphatic rings. The molecule has 6 rings (SSSR count). The van der Waals surface area contributed by atoms with Crippen molar-refractivity contribution in [2.75, 3.05) is 37.6 Å². The molecule has 1 atom stereocenters. The Labute approximate surface area is 243 Å². The number of carbonyl (C=O) groups excluding carboxylic acids is 1. The lowest BCUT2D eigenvalue weighted by Gasteiger charge is -2.33. The van der Waals surface area contributed by atoms with Crippen LogP contribution < -0.4 is 4.90 Å². The lowest BCUT2D eigenvalue weighted by atomic mass is 9.99. The third-order valence-electron chi connectivity index (χ3n) is 8.20. The van der Waals surface area contributed by atoms with Gasteiger partial charge >= 0.3 is 10.4 Å². The van der Waals surface area contributed by atoms with E-state index in [0.29, 0.717) is 36.6 Å². The second-order valence-electron chi connectivity index (χ2n) is 10.9. The minimum atomic E-state index is -3.33. The summed E-state index contributed by atoms with van der Waals surface area (Å²) in [5.41, 5.74) is 6.70. The van der Waals surface area contributed by atoms with Crippen molar-refractivity contribution in [1.82, 2.24) is 9.21 Å². The van der Waals surface area contributed by atoms with Crippen LogP contribution in [0.5, 0.6) is 0 Å². The van der Waals surface area contributed by atoms with Crippen LogP contribution in [-0.2, 0) is 40.5 Å². The highest BCUT2D eigenvalue weighted by molar-refractivity contribution is 7.95. The van der Waals surface area contributed by atoms with Crippen molar-refractivity contribution < 1.29 is 13.6 Å². The van der Waals surface area contributed by atoms with Gasteiger partial charge in [-0.1, -0.05) is 83.2 Å². The van der Waals surface area contributed by atoms with Crippen LogP contribution in [-0.4, -0.2) is 52.3 Å². The molecule has 0 saturated carbocycles. The van der Waals surface area contributed by atoms with Gasteiger partial charge in [-0.15, -0.1) is 0 Å². The number of benzene rings is 4. The first-order chi connectivity index (χ1) is 20.0. The van der Waals surface area contributed by atoms with Crippen molar-refractivity contribution in [3.05, 3.63) is 131 Å². The average Bonchev–Trinajstić information content (AvgIpc) is 3.02. The molecule has 41 heavy (non-hydrogen) atoms. The number of hydrogen-bond acceptors (Lipinski definition) is 4. The van der Waals surface area contributed by atoms with E-state index in [9.17, 15) is 13.6 Å². The Morgan fingerprint density at radius 3 is 2.05 bits per heavy atom. The molecule has 0 amide bonds. The van der Waals surface area contributed by atoms with E-state index in [-0.39, 0.29) is 12.2 Å². The third kappa shape index (κ3) is 6.34. The maximum Gasteiger partial charge on any atom is 0.325 e. The third-order valence-corrected chi connectivity index (χ3v) is 10.1. The Kier molecular flexibility index (Phi) is 8.12. The highest BCUT2D eigenvalue weighted by Gasteiger charge is 2.40. The van der Waals surface area contributed by atoms with E-state index in [1.807, 2.05) is 30.3 Å². The summed E-state index contributed by atoms with van der Waals surface area (Å²) >= 11 is 0. The fourth-order valence-electron chi connectivity index (χ4n) is 5.80. The number of para-hydroxylation sites is 1. The summed E-state index contributed by atoms with van der Waals surface area (Å²) in [7, 11) is -3.33. The number of rotatable bonds is 8. The summed E-state index contributed by atoms with van der Waals surface area (Å²) in [6.07, 6.45) is 1.33. The number of ketones is 1. The fraction of sp³-hybridized carbons (Fsp3) is 0.265. The predicted molar refractivity (Wildman–Crippen MR) is 164 cm³/mol. The number of fused-ring (bicyclic) bond motifs is 1. The number of carbonyl (C=O) groups is 1. The molecule has 7 heteroatoms. The highest BCUT2D eigenvalue weighted by Crippen LogP contribution is 2.26. The summed E-state index contributed by atoms with van der Waals surface area (Å²) in [6.45, 7) is 5.26. The standard InChI is InChI=1S/C34H35N3O3S/c38-34(30-14-10-28(11-15-30)25-35-19-18-29-6-4-5-7-31(29)26-35)24-27-12-16-33(17-13-27)41(39,40)37-22-20-36(21-23-37)32-8-2-1-3-9-32/h1-17H,18-26H2/p+1. The minimum Gasteiger partial charge on any atom is -0.369 e. The van der Waals surface area contributed by atoms with Crippen LogP contribution in [0, 0.1) is 0 Å². The summed E-state index contributed by atoms with van der Waals surface area (Å²) in [5, 5.41) is 0. The zero-order valence-corrected chi connectivity index (χ0v) is 24.0. The molecule has 1 N–H and O–H groups in total. The molecule has 4 aromatic rings. The molecule has 1 unspecified atom stereocenters. The summed E-state index contributed by atoms with van der Waals surface area (Å²) in [5.74, 6) is 0.0398. The van der Waals surface area contributed by atoms with E-state index < -0.39 is 10.4 Å². The smallest absolute Gasteiger partial charge is 0.325 e. The van der Waals surface area contributed by atoms with Gasteiger partial charge in [-0.25, -0.2) is 0 Å². The van der Waals surface area contributed by atoms with E-state index in [0.717, 1.165) is 37.3 Å². The zero-order chi connectivity index (χ0) is 28.2. The molecule has 0 aromatic heterocycles. The Morgan fingerprint density at radius 2 is 1.34 bits per heavy atom. The summed E-state index contributed by atoms with van der Waals surface area (Å²) < 4.78 is 26.0. The summed E-state index contributed by atoms with van der Waals surface area (Å²) in [4.78, 5) is 18.1. The molecule has 0 aliphatic carbocycles. The Hall–Kier alpha value is -3.62. The van der Waals surface area contributed by atoms with Gasteiger partial charge in [0.1, 0.15) is 0 Å². The van der Waals surface area contributed by atoms with Crippen LogP contribution in [0.2, 0.25) is 0 Å². The number of piperazine rings is 1. The average molecular weight is 567 g/mol. The number of nitrogens with zero attached hydrogens (tertiary/aromatic N) is 3. The van der Waals surface area contributed by atoms with Crippen LogP contribution in [0.15, 0.2) is 108 Å². The maximum atomic E-state index is 13.4. The molecule has 1 saturated heterocycles. The lowest BCUT2D eigenvalue weighted by Crippen LogP contribution is -2.50. The Morgan fingerprint density at radius 1 is 0.707 bits per heavy atom. The van der Waals surface area contributed by atoms with Crippen molar-refractivity contribution in [2.24, 2.45) is 0 Å². The number of anilines is 1. The van der Waals surface area contributed by atoms with Crippen molar-refractivity contribution in [3.8, 4) is 0 Å². The monoisotopic (exact) mass is 566 g/mol. The van der Waals surface area contributed by atoms with Crippen LogP contribution in [0.25, 0.3) is 0 Å². The van der Waals surface area contributed by atoms with E-state index in [4.69, 9.17) is 0 Å². The molecular weight excluding hydrogens is 530 g/mol. The fourth-order valence-corrected chi connectivity index (χ4v) is 7.24. The second-order valence-corrected chi connectivity index (χ2v) is 12.9. The molecule has 2 aliphatic heterocycles. The molecular formula is C34H36N3O3S+. The Balaban J connectivity index is 1.02. The first-order valence-corrected chi connectivity index (χ1v) is 15.7. The van der Waals surface area contributed by atoms with Crippen LogP contribution >= 0.6 is 0 Å². The van der Waals surface area contributed by atoms with Gasteiger partial charge in [0.25, 0.3) is 0 Å². The molecule has 1 fully saturated rings. The van der Waals surface area contributed by atoms with Crippen LogP contribution in [0.1, 0.15) is 32.6 Å². The van der Waals surface area contributed by atoms with Gasteiger partial charge in [0.15, 0.2) is 5.78 Å². The van der Waals surface area contributed by atoms with Crippen molar-refractivity contribution >= 4 is 21.9 Å². The van der Waals surface area contributed by atoms with E-state index in [1.54, 1.807) is 28.6 Å². The normalized spacial score (nSPS) is 17.5.